The molecule has 25 heavy (non-hydrogen) atoms. The fourth-order valence-corrected chi connectivity index (χ4v) is 3.53. The number of hydrogen-bond acceptors (Lipinski definition) is 3. The standard InChI is InChI=1S/C20H27N3O2/c24-19(15-20(25)10-5-2-6-11-20)22-16-18-21-12-14-23(18)13-9-17-7-3-1-4-8-17/h1,3-4,7-8,12,14,25H,2,5-6,9-11,13,15-16H2,(H,22,24). The zero-order valence-electron chi connectivity index (χ0n) is 14.7. The number of amides is 1. The number of benzene rings is 1. The molecule has 1 heterocycles. The van der Waals surface area contributed by atoms with Gasteiger partial charge in [-0.05, 0) is 24.8 Å². The van der Waals surface area contributed by atoms with Crippen molar-refractivity contribution in [2.45, 2.75) is 63.6 Å². The molecule has 0 saturated heterocycles. The van der Waals surface area contributed by atoms with Crippen LogP contribution in [-0.4, -0.2) is 26.2 Å². The fourth-order valence-electron chi connectivity index (χ4n) is 3.53. The highest BCUT2D eigenvalue weighted by Crippen LogP contribution is 2.30. The van der Waals surface area contributed by atoms with E-state index in [4.69, 9.17) is 0 Å². The smallest absolute Gasteiger partial charge is 0.223 e. The number of aryl methyl sites for hydroxylation is 2. The number of aliphatic hydroxyl groups is 1. The Labute approximate surface area is 149 Å². The summed E-state index contributed by atoms with van der Waals surface area (Å²) in [6.07, 6.45) is 9.46. The highest BCUT2D eigenvalue weighted by Gasteiger charge is 2.31. The Morgan fingerprint density at radius 3 is 2.72 bits per heavy atom. The zero-order chi connectivity index (χ0) is 17.5. The summed E-state index contributed by atoms with van der Waals surface area (Å²) in [6, 6.07) is 10.3. The van der Waals surface area contributed by atoms with Crippen molar-refractivity contribution in [2.24, 2.45) is 0 Å². The minimum atomic E-state index is -0.814. The Morgan fingerprint density at radius 2 is 1.96 bits per heavy atom. The van der Waals surface area contributed by atoms with Crippen LogP contribution in [0.4, 0.5) is 0 Å². The second kappa shape index (κ2) is 8.30. The lowest BCUT2D eigenvalue weighted by molar-refractivity contribution is -0.127. The summed E-state index contributed by atoms with van der Waals surface area (Å²) in [5.74, 6) is 0.752. The average molecular weight is 341 g/mol. The molecule has 0 radical (unpaired) electrons. The molecule has 2 N–H and O–H groups in total. The lowest BCUT2D eigenvalue weighted by Gasteiger charge is -2.31. The Morgan fingerprint density at radius 1 is 1.20 bits per heavy atom. The summed E-state index contributed by atoms with van der Waals surface area (Å²) in [4.78, 5) is 16.5. The molecule has 2 aromatic rings. The normalized spacial score (nSPS) is 16.5. The third-order valence-corrected chi connectivity index (χ3v) is 5.00. The Balaban J connectivity index is 1.48. The highest BCUT2D eigenvalue weighted by molar-refractivity contribution is 5.76. The number of hydrogen-bond donors (Lipinski definition) is 2. The first-order valence-corrected chi connectivity index (χ1v) is 9.18. The van der Waals surface area contributed by atoms with Crippen LogP contribution in [0.3, 0.4) is 0 Å². The summed E-state index contributed by atoms with van der Waals surface area (Å²) in [7, 11) is 0. The molecule has 3 rings (SSSR count). The monoisotopic (exact) mass is 341 g/mol. The van der Waals surface area contributed by atoms with E-state index in [1.165, 1.54) is 5.56 Å². The maximum Gasteiger partial charge on any atom is 0.223 e. The molecule has 1 aromatic heterocycles. The van der Waals surface area contributed by atoms with Crippen molar-refractivity contribution in [1.82, 2.24) is 14.9 Å². The van der Waals surface area contributed by atoms with Crippen molar-refractivity contribution in [3.63, 3.8) is 0 Å². The molecule has 1 fully saturated rings. The Hall–Kier alpha value is -2.14. The van der Waals surface area contributed by atoms with Crippen LogP contribution < -0.4 is 5.32 Å². The molecule has 0 spiro atoms. The van der Waals surface area contributed by atoms with Crippen LogP contribution in [0.25, 0.3) is 0 Å². The Kier molecular flexibility index (Phi) is 5.87. The molecule has 5 nitrogen and oxygen atoms in total. The third-order valence-electron chi connectivity index (χ3n) is 5.00. The maximum atomic E-state index is 12.2. The number of aromatic nitrogens is 2. The van der Waals surface area contributed by atoms with Gasteiger partial charge in [0.1, 0.15) is 5.82 Å². The van der Waals surface area contributed by atoms with E-state index in [1.807, 2.05) is 24.4 Å². The number of nitrogens with one attached hydrogen (secondary N) is 1. The second-order valence-corrected chi connectivity index (χ2v) is 7.01. The second-order valence-electron chi connectivity index (χ2n) is 7.01. The van der Waals surface area contributed by atoms with Crippen molar-refractivity contribution in [2.75, 3.05) is 0 Å². The summed E-state index contributed by atoms with van der Waals surface area (Å²) >= 11 is 0. The fraction of sp³-hybridized carbons (Fsp3) is 0.500. The predicted octanol–water partition coefficient (Wildman–Crippen LogP) is 2.83. The molecule has 1 aromatic carbocycles. The van der Waals surface area contributed by atoms with Gasteiger partial charge in [-0.2, -0.15) is 0 Å². The summed E-state index contributed by atoms with van der Waals surface area (Å²) in [5, 5.41) is 13.4. The van der Waals surface area contributed by atoms with Gasteiger partial charge in [0.15, 0.2) is 0 Å². The molecule has 0 aliphatic heterocycles. The molecule has 5 heteroatoms. The quantitative estimate of drug-likeness (QED) is 0.814. The van der Waals surface area contributed by atoms with Crippen molar-refractivity contribution < 1.29 is 9.90 Å². The zero-order valence-corrected chi connectivity index (χ0v) is 14.7. The van der Waals surface area contributed by atoms with Gasteiger partial charge < -0.3 is 15.0 Å². The van der Waals surface area contributed by atoms with Crippen LogP contribution >= 0.6 is 0 Å². The summed E-state index contributed by atoms with van der Waals surface area (Å²) in [5.41, 5.74) is 0.469. The van der Waals surface area contributed by atoms with E-state index in [-0.39, 0.29) is 12.3 Å². The number of imidazole rings is 1. The third kappa shape index (κ3) is 5.16. The van der Waals surface area contributed by atoms with E-state index < -0.39 is 5.60 Å². The van der Waals surface area contributed by atoms with Gasteiger partial charge in [0, 0.05) is 18.9 Å². The summed E-state index contributed by atoms with van der Waals surface area (Å²) in [6.45, 7) is 1.23. The van der Waals surface area contributed by atoms with E-state index in [1.54, 1.807) is 6.20 Å². The molecule has 1 aliphatic rings. The van der Waals surface area contributed by atoms with Crippen LogP contribution in [0.5, 0.6) is 0 Å². The molecule has 1 amide bonds. The van der Waals surface area contributed by atoms with Crippen LogP contribution in [-0.2, 0) is 24.3 Å². The van der Waals surface area contributed by atoms with Crippen molar-refractivity contribution in [3.05, 3.63) is 54.1 Å². The van der Waals surface area contributed by atoms with E-state index in [0.717, 1.165) is 50.9 Å². The lowest BCUT2D eigenvalue weighted by Crippen LogP contribution is -2.38. The molecule has 134 valence electrons. The molecule has 0 atom stereocenters. The van der Waals surface area contributed by atoms with Crippen LogP contribution in [0, 0.1) is 0 Å². The van der Waals surface area contributed by atoms with Crippen LogP contribution in [0.1, 0.15) is 49.9 Å². The maximum absolute atomic E-state index is 12.2. The SMILES string of the molecule is O=C(CC1(O)CCCCC1)NCc1nccn1CCc1ccccc1. The number of nitrogens with zero attached hydrogens (tertiary/aromatic N) is 2. The number of carbonyl (C=O) groups is 1. The topological polar surface area (TPSA) is 67.2 Å². The molecule has 0 unspecified atom stereocenters. The van der Waals surface area contributed by atoms with Crippen LogP contribution in [0.2, 0.25) is 0 Å². The van der Waals surface area contributed by atoms with E-state index >= 15 is 0 Å². The van der Waals surface area contributed by atoms with E-state index in [0.29, 0.717) is 6.54 Å². The van der Waals surface area contributed by atoms with Crippen LogP contribution in [0.15, 0.2) is 42.7 Å². The molecule has 1 aliphatic carbocycles. The average Bonchev–Trinajstić information content (AvgIpc) is 3.07. The first-order valence-electron chi connectivity index (χ1n) is 9.18. The van der Waals surface area contributed by atoms with Crippen molar-refractivity contribution in [3.8, 4) is 0 Å². The van der Waals surface area contributed by atoms with Gasteiger partial charge in [0.2, 0.25) is 5.91 Å². The predicted molar refractivity (Wildman–Crippen MR) is 96.9 cm³/mol. The molecule has 1 saturated carbocycles. The minimum Gasteiger partial charge on any atom is -0.389 e. The van der Waals surface area contributed by atoms with Gasteiger partial charge in [-0.15, -0.1) is 0 Å². The van der Waals surface area contributed by atoms with Gasteiger partial charge in [-0.25, -0.2) is 4.98 Å². The summed E-state index contributed by atoms with van der Waals surface area (Å²) < 4.78 is 2.07. The van der Waals surface area contributed by atoms with Gasteiger partial charge in [0.05, 0.1) is 18.6 Å². The molecular weight excluding hydrogens is 314 g/mol. The van der Waals surface area contributed by atoms with Crippen molar-refractivity contribution >= 4 is 5.91 Å². The first-order chi connectivity index (χ1) is 12.1. The Bertz CT molecular complexity index is 675. The van der Waals surface area contributed by atoms with E-state index in [2.05, 4.69) is 27.0 Å². The number of rotatable bonds is 7. The first kappa shape index (κ1) is 17.7. The number of carbonyl (C=O) groups excluding carboxylic acids is 1. The lowest BCUT2D eigenvalue weighted by atomic mass is 9.82. The van der Waals surface area contributed by atoms with Gasteiger partial charge in [-0.3, -0.25) is 4.79 Å². The van der Waals surface area contributed by atoms with Gasteiger partial charge >= 0.3 is 0 Å². The molecular formula is C20H27N3O2. The van der Waals surface area contributed by atoms with E-state index in [9.17, 15) is 9.90 Å². The highest BCUT2D eigenvalue weighted by atomic mass is 16.3. The molecule has 0 bridgehead atoms. The van der Waals surface area contributed by atoms with Crippen molar-refractivity contribution in [1.29, 1.82) is 0 Å². The van der Waals surface area contributed by atoms with Gasteiger partial charge in [0.25, 0.3) is 0 Å². The largest absolute Gasteiger partial charge is 0.389 e. The van der Waals surface area contributed by atoms with Gasteiger partial charge in [-0.1, -0.05) is 49.6 Å². The minimum absolute atomic E-state index is 0.0954.